The molecule has 0 aromatic heterocycles. The summed E-state index contributed by atoms with van der Waals surface area (Å²) in [6.07, 6.45) is 1.39. The first kappa shape index (κ1) is 7.60. The van der Waals surface area contributed by atoms with Crippen LogP contribution in [0.15, 0.2) is 0 Å². The van der Waals surface area contributed by atoms with Crippen molar-refractivity contribution in [1.29, 1.82) is 0 Å². The summed E-state index contributed by atoms with van der Waals surface area (Å²) < 4.78 is 0. The fraction of sp³-hybridized carbons (Fsp3) is 1.00. The zero-order chi connectivity index (χ0) is 8.17. The number of hydrogen-bond donors (Lipinski definition) is 1. The van der Waals surface area contributed by atoms with Crippen LogP contribution < -0.4 is 5.73 Å². The maximum Gasteiger partial charge on any atom is 0.00417 e. The fourth-order valence-corrected chi connectivity index (χ4v) is 3.41. The first-order chi connectivity index (χ1) is 5.13. The van der Waals surface area contributed by atoms with Crippen LogP contribution in [0.1, 0.15) is 27.2 Å². The van der Waals surface area contributed by atoms with Crippen LogP contribution in [0.2, 0.25) is 0 Å². The van der Waals surface area contributed by atoms with Crippen LogP contribution in [-0.4, -0.2) is 6.04 Å². The third-order valence-corrected chi connectivity index (χ3v) is 3.99. The second-order valence-corrected chi connectivity index (χ2v) is 4.75. The minimum atomic E-state index is 0.428. The third kappa shape index (κ3) is 0.936. The van der Waals surface area contributed by atoms with Crippen LogP contribution in [0.4, 0.5) is 0 Å². The molecule has 2 N–H and O–H groups in total. The molecule has 1 heteroatoms. The van der Waals surface area contributed by atoms with Gasteiger partial charge in [-0.2, -0.15) is 0 Å². The summed E-state index contributed by atoms with van der Waals surface area (Å²) in [5, 5.41) is 0. The smallest absolute Gasteiger partial charge is 0.00417 e. The van der Waals surface area contributed by atoms with Crippen molar-refractivity contribution in [2.75, 3.05) is 0 Å². The van der Waals surface area contributed by atoms with Crippen LogP contribution in [-0.2, 0) is 0 Å². The van der Waals surface area contributed by atoms with Crippen LogP contribution in [0, 0.1) is 29.6 Å². The van der Waals surface area contributed by atoms with Crippen molar-refractivity contribution in [1.82, 2.24) is 0 Å². The van der Waals surface area contributed by atoms with Crippen molar-refractivity contribution in [3.8, 4) is 0 Å². The quantitative estimate of drug-likeness (QED) is 0.611. The maximum atomic E-state index is 5.94. The molecule has 64 valence electrons. The average molecular weight is 153 g/mol. The van der Waals surface area contributed by atoms with Crippen LogP contribution in [0.25, 0.3) is 0 Å². The molecule has 0 aromatic carbocycles. The molecule has 0 aromatic rings. The van der Waals surface area contributed by atoms with Crippen LogP contribution >= 0.6 is 0 Å². The van der Waals surface area contributed by atoms with E-state index in [1.165, 1.54) is 6.42 Å². The van der Waals surface area contributed by atoms with Gasteiger partial charge in [0.15, 0.2) is 0 Å². The summed E-state index contributed by atoms with van der Waals surface area (Å²) in [5.74, 6) is 4.79. The van der Waals surface area contributed by atoms with Gasteiger partial charge in [0.1, 0.15) is 0 Å². The maximum absolute atomic E-state index is 5.94. The number of fused-ring (bicyclic) bond motifs is 1. The van der Waals surface area contributed by atoms with Gasteiger partial charge in [0, 0.05) is 6.04 Å². The summed E-state index contributed by atoms with van der Waals surface area (Å²) in [6, 6.07) is 0.428. The van der Waals surface area contributed by atoms with Crippen LogP contribution in [0.3, 0.4) is 0 Å². The van der Waals surface area contributed by atoms with Gasteiger partial charge in [-0.25, -0.2) is 0 Å². The minimum absolute atomic E-state index is 0.428. The van der Waals surface area contributed by atoms with E-state index in [4.69, 9.17) is 5.73 Å². The zero-order valence-electron chi connectivity index (χ0n) is 7.75. The zero-order valence-corrected chi connectivity index (χ0v) is 7.75. The standard InChI is InChI=1S/C10H19N/c1-5-4-8(7(3)11)10-6(2)9(5)10/h5-10H,4,11H2,1-3H3. The van der Waals surface area contributed by atoms with Crippen molar-refractivity contribution >= 4 is 0 Å². The van der Waals surface area contributed by atoms with E-state index in [0.29, 0.717) is 6.04 Å². The molecule has 0 bridgehead atoms. The molecule has 0 amide bonds. The molecule has 2 fully saturated rings. The molecule has 2 rings (SSSR count). The predicted molar refractivity (Wildman–Crippen MR) is 47.1 cm³/mol. The van der Waals surface area contributed by atoms with Gasteiger partial charge in [-0.3, -0.25) is 0 Å². The SMILES string of the molecule is CC(N)C1CC(C)C2C(C)C12. The van der Waals surface area contributed by atoms with Gasteiger partial charge in [-0.1, -0.05) is 13.8 Å². The van der Waals surface area contributed by atoms with E-state index in [9.17, 15) is 0 Å². The highest BCUT2D eigenvalue weighted by atomic mass is 14.7. The first-order valence-electron chi connectivity index (χ1n) is 4.88. The summed E-state index contributed by atoms with van der Waals surface area (Å²) in [6.45, 7) is 6.95. The Kier molecular flexibility index (Phi) is 1.54. The largest absolute Gasteiger partial charge is 0.328 e. The molecule has 0 radical (unpaired) electrons. The Morgan fingerprint density at radius 1 is 1.27 bits per heavy atom. The van der Waals surface area contributed by atoms with Gasteiger partial charge in [-0.15, -0.1) is 0 Å². The summed E-state index contributed by atoms with van der Waals surface area (Å²) in [5.41, 5.74) is 5.94. The lowest BCUT2D eigenvalue weighted by Crippen LogP contribution is -2.27. The van der Waals surface area contributed by atoms with Crippen molar-refractivity contribution in [2.45, 2.75) is 33.2 Å². The van der Waals surface area contributed by atoms with E-state index in [0.717, 1.165) is 29.6 Å². The number of rotatable bonds is 1. The van der Waals surface area contributed by atoms with Gasteiger partial charge in [0.25, 0.3) is 0 Å². The van der Waals surface area contributed by atoms with Gasteiger partial charge < -0.3 is 5.73 Å². The van der Waals surface area contributed by atoms with E-state index >= 15 is 0 Å². The minimum Gasteiger partial charge on any atom is -0.328 e. The topological polar surface area (TPSA) is 26.0 Å². The number of hydrogen-bond acceptors (Lipinski definition) is 1. The molecule has 2 aliphatic carbocycles. The summed E-state index contributed by atoms with van der Waals surface area (Å²) >= 11 is 0. The Labute approximate surface area is 69.4 Å². The Morgan fingerprint density at radius 3 is 2.18 bits per heavy atom. The molecule has 2 aliphatic rings. The molecule has 0 saturated heterocycles. The van der Waals surface area contributed by atoms with Crippen molar-refractivity contribution < 1.29 is 0 Å². The fourth-order valence-electron chi connectivity index (χ4n) is 3.41. The van der Waals surface area contributed by atoms with Gasteiger partial charge in [0.2, 0.25) is 0 Å². The highest BCUT2D eigenvalue weighted by Crippen LogP contribution is 2.63. The van der Waals surface area contributed by atoms with Gasteiger partial charge >= 0.3 is 0 Å². The van der Waals surface area contributed by atoms with E-state index in [1.807, 2.05) is 0 Å². The monoisotopic (exact) mass is 153 g/mol. The van der Waals surface area contributed by atoms with Crippen LogP contribution in [0.5, 0.6) is 0 Å². The average Bonchev–Trinajstić information content (AvgIpc) is 2.37. The second-order valence-electron chi connectivity index (χ2n) is 4.75. The Morgan fingerprint density at radius 2 is 1.91 bits per heavy atom. The van der Waals surface area contributed by atoms with Crippen molar-refractivity contribution in [3.63, 3.8) is 0 Å². The second kappa shape index (κ2) is 2.22. The summed E-state index contributed by atoms with van der Waals surface area (Å²) in [4.78, 5) is 0. The van der Waals surface area contributed by atoms with Crippen molar-refractivity contribution in [3.05, 3.63) is 0 Å². The predicted octanol–water partition coefficient (Wildman–Crippen LogP) is 1.87. The molecular formula is C10H19N. The molecule has 0 spiro atoms. The molecular weight excluding hydrogens is 134 g/mol. The van der Waals surface area contributed by atoms with Gasteiger partial charge in [0.05, 0.1) is 0 Å². The Balaban J connectivity index is 2.06. The number of nitrogens with two attached hydrogens (primary N) is 1. The normalized spacial score (nSPS) is 57.3. The molecule has 1 nitrogen and oxygen atoms in total. The highest BCUT2D eigenvalue weighted by molar-refractivity contribution is 5.07. The Bertz CT molecular complexity index is 164. The molecule has 0 aliphatic heterocycles. The molecule has 6 atom stereocenters. The van der Waals surface area contributed by atoms with E-state index in [2.05, 4.69) is 20.8 Å². The van der Waals surface area contributed by atoms with Crippen molar-refractivity contribution in [2.24, 2.45) is 35.3 Å². The van der Waals surface area contributed by atoms with E-state index in [1.54, 1.807) is 0 Å². The van der Waals surface area contributed by atoms with Gasteiger partial charge in [-0.05, 0) is 42.9 Å². The molecule has 0 heterocycles. The Hall–Kier alpha value is -0.0400. The molecule has 6 unspecified atom stereocenters. The molecule has 11 heavy (non-hydrogen) atoms. The third-order valence-electron chi connectivity index (χ3n) is 3.99. The summed E-state index contributed by atoms with van der Waals surface area (Å²) in [7, 11) is 0. The van der Waals surface area contributed by atoms with E-state index in [-0.39, 0.29) is 0 Å². The van der Waals surface area contributed by atoms with E-state index < -0.39 is 0 Å². The lowest BCUT2D eigenvalue weighted by atomic mass is 9.91. The lowest BCUT2D eigenvalue weighted by Gasteiger charge is -2.18. The first-order valence-corrected chi connectivity index (χ1v) is 4.88. The highest BCUT2D eigenvalue weighted by Gasteiger charge is 2.59. The lowest BCUT2D eigenvalue weighted by molar-refractivity contribution is 0.349. The molecule has 2 saturated carbocycles.